The Labute approximate surface area is 167 Å². The smallest absolute Gasteiger partial charge is 0.260 e. The van der Waals surface area contributed by atoms with Gasteiger partial charge in [0.1, 0.15) is 11.6 Å². The molecule has 1 aliphatic heterocycles. The zero-order valence-electron chi connectivity index (χ0n) is 16.1. The molecule has 0 spiro atoms. The molecule has 2 aliphatic rings. The van der Waals surface area contributed by atoms with E-state index in [-0.39, 0.29) is 42.1 Å². The second kappa shape index (κ2) is 8.18. The van der Waals surface area contributed by atoms with Gasteiger partial charge in [-0.2, -0.15) is 4.98 Å². The number of hydrogen-bond acceptors (Lipinski definition) is 6. The Hall–Kier alpha value is -2.97. The topological polar surface area (TPSA) is 97.6 Å². The van der Waals surface area contributed by atoms with Crippen LogP contribution in [0.3, 0.4) is 0 Å². The van der Waals surface area contributed by atoms with Crippen molar-refractivity contribution >= 4 is 11.8 Å². The first-order valence-corrected chi connectivity index (χ1v) is 9.76. The van der Waals surface area contributed by atoms with E-state index in [4.69, 9.17) is 9.26 Å². The van der Waals surface area contributed by atoms with Crippen molar-refractivity contribution in [3.05, 3.63) is 41.8 Å². The van der Waals surface area contributed by atoms with Crippen molar-refractivity contribution in [3.8, 4) is 5.75 Å². The second-order valence-electron chi connectivity index (χ2n) is 7.55. The first-order valence-electron chi connectivity index (χ1n) is 9.76. The van der Waals surface area contributed by atoms with Crippen LogP contribution in [0, 0.1) is 18.7 Å². The summed E-state index contributed by atoms with van der Waals surface area (Å²) in [5, 5.41) is 6.91. The quantitative estimate of drug-likeness (QED) is 0.791. The number of benzene rings is 1. The van der Waals surface area contributed by atoms with E-state index >= 15 is 0 Å². The van der Waals surface area contributed by atoms with Crippen LogP contribution >= 0.6 is 0 Å². The third-order valence-electron chi connectivity index (χ3n) is 5.28. The van der Waals surface area contributed by atoms with Gasteiger partial charge in [-0.25, -0.2) is 4.39 Å². The van der Waals surface area contributed by atoms with Crippen LogP contribution in [0.2, 0.25) is 0 Å². The van der Waals surface area contributed by atoms with E-state index in [2.05, 4.69) is 15.5 Å². The molecule has 29 heavy (non-hydrogen) atoms. The summed E-state index contributed by atoms with van der Waals surface area (Å²) in [6, 6.07) is 5.21. The summed E-state index contributed by atoms with van der Waals surface area (Å²) >= 11 is 0. The molecular formula is C20H23FN4O4. The average Bonchev–Trinajstić information content (AvgIpc) is 3.48. The van der Waals surface area contributed by atoms with Crippen molar-refractivity contribution in [2.24, 2.45) is 5.92 Å². The van der Waals surface area contributed by atoms with Gasteiger partial charge >= 0.3 is 0 Å². The number of halogens is 1. The van der Waals surface area contributed by atoms with Crippen LogP contribution in [0.15, 0.2) is 28.8 Å². The van der Waals surface area contributed by atoms with Crippen LogP contribution in [0.25, 0.3) is 0 Å². The summed E-state index contributed by atoms with van der Waals surface area (Å²) < 4.78 is 23.8. The highest BCUT2D eigenvalue weighted by molar-refractivity contribution is 5.81. The third kappa shape index (κ3) is 4.72. The van der Waals surface area contributed by atoms with Crippen molar-refractivity contribution in [2.45, 2.75) is 38.1 Å². The van der Waals surface area contributed by atoms with Gasteiger partial charge in [0.05, 0.1) is 12.0 Å². The summed E-state index contributed by atoms with van der Waals surface area (Å²) in [7, 11) is 0. The first-order chi connectivity index (χ1) is 14.0. The summed E-state index contributed by atoms with van der Waals surface area (Å²) in [6.45, 7) is 2.43. The molecule has 2 aromatic rings. The summed E-state index contributed by atoms with van der Waals surface area (Å²) in [5.74, 6) is 0.824. The molecule has 154 valence electrons. The lowest BCUT2D eigenvalue weighted by Crippen LogP contribution is -2.54. The highest BCUT2D eigenvalue weighted by Crippen LogP contribution is 2.32. The Bertz CT molecular complexity index is 881. The van der Waals surface area contributed by atoms with Gasteiger partial charge in [0.25, 0.3) is 5.91 Å². The molecule has 4 rings (SSSR count). The molecule has 2 amide bonds. The SMILES string of the molecule is Cc1noc([C@H]2CCN(C(=O)COc3ccc(F)cc3)C[C@H]2NC(=O)C2CC2)n1. The molecule has 1 aliphatic carbocycles. The number of piperidine rings is 1. The zero-order chi connectivity index (χ0) is 20.4. The number of ether oxygens (including phenoxy) is 1. The number of amides is 2. The fraction of sp³-hybridized carbons (Fsp3) is 0.500. The monoisotopic (exact) mass is 402 g/mol. The molecule has 0 bridgehead atoms. The van der Waals surface area contributed by atoms with E-state index in [1.807, 2.05) is 0 Å². The van der Waals surface area contributed by atoms with E-state index in [0.717, 1.165) is 12.8 Å². The van der Waals surface area contributed by atoms with Crippen LogP contribution in [0.5, 0.6) is 5.75 Å². The predicted octanol–water partition coefficient (Wildman–Crippen LogP) is 1.81. The van der Waals surface area contributed by atoms with E-state index < -0.39 is 0 Å². The molecule has 2 atom stereocenters. The van der Waals surface area contributed by atoms with Crippen LogP contribution in [-0.4, -0.2) is 52.6 Å². The fourth-order valence-corrected chi connectivity index (χ4v) is 3.50. The largest absolute Gasteiger partial charge is 0.484 e. The number of rotatable bonds is 6. The number of hydrogen-bond donors (Lipinski definition) is 1. The standard InChI is InChI=1S/C20H23FN4O4/c1-12-22-20(29-24-12)16-8-9-25(10-17(16)23-19(27)13-2-3-13)18(26)11-28-15-6-4-14(21)5-7-15/h4-7,13,16-17H,2-3,8-11H2,1H3,(H,23,27)/t16-,17+/m0/s1. The average molecular weight is 402 g/mol. The maximum Gasteiger partial charge on any atom is 0.260 e. The molecule has 0 radical (unpaired) electrons. The van der Waals surface area contributed by atoms with Gasteiger partial charge in [0.2, 0.25) is 11.8 Å². The highest BCUT2D eigenvalue weighted by atomic mass is 19.1. The third-order valence-corrected chi connectivity index (χ3v) is 5.28. The Kier molecular flexibility index (Phi) is 5.46. The van der Waals surface area contributed by atoms with Crippen molar-refractivity contribution < 1.29 is 23.2 Å². The molecule has 1 saturated carbocycles. The van der Waals surface area contributed by atoms with Gasteiger partial charge in [-0.05, 0) is 50.5 Å². The van der Waals surface area contributed by atoms with Crippen molar-refractivity contribution in [3.63, 3.8) is 0 Å². The Balaban J connectivity index is 1.40. The minimum absolute atomic E-state index is 0.00750. The number of likely N-dealkylation sites (tertiary alicyclic amines) is 1. The maximum absolute atomic E-state index is 13.0. The minimum Gasteiger partial charge on any atom is -0.484 e. The maximum atomic E-state index is 13.0. The van der Waals surface area contributed by atoms with Crippen LogP contribution in [0.4, 0.5) is 4.39 Å². The molecule has 1 saturated heterocycles. The lowest BCUT2D eigenvalue weighted by Gasteiger charge is -2.37. The molecular weight excluding hydrogens is 379 g/mol. The van der Waals surface area contributed by atoms with Gasteiger partial charge in [-0.1, -0.05) is 5.16 Å². The lowest BCUT2D eigenvalue weighted by atomic mass is 9.91. The van der Waals surface area contributed by atoms with Crippen molar-refractivity contribution in [1.29, 1.82) is 0 Å². The minimum atomic E-state index is -0.365. The van der Waals surface area contributed by atoms with E-state index in [1.54, 1.807) is 11.8 Å². The second-order valence-corrected chi connectivity index (χ2v) is 7.55. The number of aromatic nitrogens is 2. The summed E-state index contributed by atoms with van der Waals surface area (Å²) in [5.41, 5.74) is 0. The van der Waals surface area contributed by atoms with E-state index in [9.17, 15) is 14.0 Å². The lowest BCUT2D eigenvalue weighted by molar-refractivity contribution is -0.136. The van der Waals surface area contributed by atoms with Crippen LogP contribution in [0.1, 0.15) is 36.9 Å². The number of aryl methyl sites for hydroxylation is 1. The van der Waals surface area contributed by atoms with Gasteiger partial charge in [0, 0.05) is 19.0 Å². The molecule has 1 N–H and O–H groups in total. The molecule has 1 aromatic carbocycles. The Morgan fingerprint density at radius 3 is 2.69 bits per heavy atom. The molecule has 8 nitrogen and oxygen atoms in total. The normalized spacial score (nSPS) is 21.7. The molecule has 2 heterocycles. The Morgan fingerprint density at radius 2 is 2.03 bits per heavy atom. The molecule has 9 heteroatoms. The first kappa shape index (κ1) is 19.4. The van der Waals surface area contributed by atoms with Gasteiger partial charge in [-0.3, -0.25) is 9.59 Å². The number of carbonyl (C=O) groups excluding carboxylic acids is 2. The fourth-order valence-electron chi connectivity index (χ4n) is 3.50. The zero-order valence-corrected chi connectivity index (χ0v) is 16.1. The predicted molar refractivity (Wildman–Crippen MR) is 99.5 cm³/mol. The van der Waals surface area contributed by atoms with Crippen LogP contribution < -0.4 is 10.1 Å². The van der Waals surface area contributed by atoms with Gasteiger partial charge < -0.3 is 19.5 Å². The number of nitrogens with zero attached hydrogens (tertiary/aromatic N) is 3. The molecule has 0 unspecified atom stereocenters. The van der Waals surface area contributed by atoms with Gasteiger partial charge in [-0.15, -0.1) is 0 Å². The molecule has 1 aromatic heterocycles. The summed E-state index contributed by atoms with van der Waals surface area (Å²) in [6.07, 6.45) is 2.40. The van der Waals surface area contributed by atoms with Crippen molar-refractivity contribution in [1.82, 2.24) is 20.4 Å². The number of carbonyl (C=O) groups is 2. The van der Waals surface area contributed by atoms with E-state index in [1.165, 1.54) is 24.3 Å². The van der Waals surface area contributed by atoms with E-state index in [0.29, 0.717) is 37.0 Å². The van der Waals surface area contributed by atoms with Gasteiger partial charge in [0.15, 0.2) is 12.4 Å². The number of nitrogens with one attached hydrogen (secondary N) is 1. The summed E-state index contributed by atoms with van der Waals surface area (Å²) in [4.78, 5) is 30.9. The molecule has 2 fully saturated rings. The highest BCUT2D eigenvalue weighted by Gasteiger charge is 2.39. The van der Waals surface area contributed by atoms with Crippen molar-refractivity contribution in [2.75, 3.05) is 19.7 Å². The Morgan fingerprint density at radius 1 is 1.28 bits per heavy atom. The van der Waals surface area contributed by atoms with Crippen LogP contribution in [-0.2, 0) is 9.59 Å².